The van der Waals surface area contributed by atoms with Crippen molar-refractivity contribution in [3.8, 4) is 0 Å². The van der Waals surface area contributed by atoms with E-state index in [4.69, 9.17) is 0 Å². The van der Waals surface area contributed by atoms with E-state index in [2.05, 4.69) is 21.2 Å². The summed E-state index contributed by atoms with van der Waals surface area (Å²) >= 11 is 0. The quantitative estimate of drug-likeness (QED) is 0.749. The summed E-state index contributed by atoms with van der Waals surface area (Å²) in [5.41, 5.74) is 7.48. The molecule has 2 amide bonds. The first-order valence-corrected chi connectivity index (χ1v) is 10.1. The molecule has 7 heteroatoms. The molecule has 0 radical (unpaired) electrons. The number of hydrogen-bond donors (Lipinski definition) is 3. The average Bonchev–Trinajstić information content (AvgIpc) is 3.18. The molecule has 146 valence electrons. The van der Waals surface area contributed by atoms with Gasteiger partial charge in [0.2, 0.25) is 11.8 Å². The molecule has 4 unspecified atom stereocenters. The molecule has 1 aromatic rings. The van der Waals surface area contributed by atoms with E-state index in [1.165, 1.54) is 6.42 Å². The molecule has 7 nitrogen and oxygen atoms in total. The molecule has 0 aromatic carbocycles. The van der Waals surface area contributed by atoms with Crippen molar-refractivity contribution in [1.29, 1.82) is 0 Å². The molecule has 2 saturated heterocycles. The molecular formula is C20H29N5O2. The monoisotopic (exact) mass is 371 g/mol. The highest BCUT2D eigenvalue weighted by atomic mass is 16.2. The minimum absolute atomic E-state index is 0.0265. The minimum atomic E-state index is -0.168. The average molecular weight is 371 g/mol. The Labute approximate surface area is 160 Å². The smallest absolute Gasteiger partial charge is 0.230 e. The number of aromatic nitrogens is 1. The van der Waals surface area contributed by atoms with E-state index in [0.717, 1.165) is 44.3 Å². The Morgan fingerprint density at radius 3 is 3.00 bits per heavy atom. The number of anilines is 1. The summed E-state index contributed by atoms with van der Waals surface area (Å²) in [5.74, 6) is 1.20. The standard InChI is InChI=1S/C20H29N5O2/c1-13-5-3-9-21-18(13)23-19(26)15-7-4-10-25(12-15)20(27)16-8-2-6-14-11-22-24-17(14)16/h3,5,9,14-17,22,24H,2,4,6-8,10-12H2,1H3,(H,21,23,26). The van der Waals surface area contributed by atoms with Crippen LogP contribution in [0.2, 0.25) is 0 Å². The van der Waals surface area contributed by atoms with Crippen molar-refractivity contribution in [3.05, 3.63) is 23.9 Å². The number of amides is 2. The molecule has 1 aliphatic carbocycles. The number of hydrazine groups is 1. The second kappa shape index (κ2) is 7.94. The fourth-order valence-corrected chi connectivity index (χ4v) is 4.78. The normalized spacial score (nSPS) is 30.6. The van der Waals surface area contributed by atoms with Crippen LogP contribution in [0.1, 0.15) is 37.7 Å². The summed E-state index contributed by atoms with van der Waals surface area (Å²) in [6, 6.07) is 4.02. The van der Waals surface area contributed by atoms with Gasteiger partial charge in [0, 0.05) is 31.9 Å². The Morgan fingerprint density at radius 2 is 2.15 bits per heavy atom. The Hall–Kier alpha value is -1.99. The molecule has 1 saturated carbocycles. The molecule has 0 bridgehead atoms. The van der Waals surface area contributed by atoms with Crippen LogP contribution in [0.15, 0.2) is 18.3 Å². The van der Waals surface area contributed by atoms with Gasteiger partial charge in [-0.25, -0.2) is 4.98 Å². The lowest BCUT2D eigenvalue weighted by atomic mass is 9.77. The molecule has 3 heterocycles. The first-order valence-electron chi connectivity index (χ1n) is 10.1. The van der Waals surface area contributed by atoms with Crippen LogP contribution in [0.25, 0.3) is 0 Å². The van der Waals surface area contributed by atoms with Crippen molar-refractivity contribution in [2.24, 2.45) is 17.8 Å². The highest BCUT2D eigenvalue weighted by molar-refractivity contribution is 5.93. The van der Waals surface area contributed by atoms with Crippen molar-refractivity contribution >= 4 is 17.6 Å². The molecular weight excluding hydrogens is 342 g/mol. The summed E-state index contributed by atoms with van der Waals surface area (Å²) in [5, 5.41) is 2.95. The van der Waals surface area contributed by atoms with E-state index in [1.54, 1.807) is 6.20 Å². The second-order valence-corrected chi connectivity index (χ2v) is 8.13. The van der Waals surface area contributed by atoms with Gasteiger partial charge in [0.25, 0.3) is 0 Å². The number of carbonyl (C=O) groups excluding carboxylic acids is 2. The number of carbonyl (C=O) groups is 2. The molecule has 0 spiro atoms. The zero-order chi connectivity index (χ0) is 18.8. The first kappa shape index (κ1) is 18.4. The summed E-state index contributed by atoms with van der Waals surface area (Å²) < 4.78 is 0. The third kappa shape index (κ3) is 3.84. The molecule has 2 aliphatic heterocycles. The second-order valence-electron chi connectivity index (χ2n) is 8.13. The lowest BCUT2D eigenvalue weighted by Crippen LogP contribution is -2.52. The lowest BCUT2D eigenvalue weighted by Gasteiger charge is -2.38. The predicted molar refractivity (Wildman–Crippen MR) is 103 cm³/mol. The highest BCUT2D eigenvalue weighted by Crippen LogP contribution is 2.33. The molecule has 4 rings (SSSR count). The van der Waals surface area contributed by atoms with Gasteiger partial charge in [-0.1, -0.05) is 12.5 Å². The van der Waals surface area contributed by atoms with Gasteiger partial charge < -0.3 is 10.2 Å². The van der Waals surface area contributed by atoms with Gasteiger partial charge in [-0.2, -0.15) is 0 Å². The van der Waals surface area contributed by atoms with Crippen molar-refractivity contribution in [2.45, 2.75) is 45.1 Å². The van der Waals surface area contributed by atoms with Gasteiger partial charge in [0.1, 0.15) is 5.82 Å². The van der Waals surface area contributed by atoms with Gasteiger partial charge in [-0.15, -0.1) is 0 Å². The summed E-state index contributed by atoms with van der Waals surface area (Å²) in [6.07, 6.45) is 6.60. The number of piperidine rings is 1. The maximum Gasteiger partial charge on any atom is 0.230 e. The fraction of sp³-hybridized carbons (Fsp3) is 0.650. The fourth-order valence-electron chi connectivity index (χ4n) is 4.78. The van der Waals surface area contributed by atoms with E-state index in [-0.39, 0.29) is 29.7 Å². The summed E-state index contributed by atoms with van der Waals surface area (Å²) in [4.78, 5) is 32.1. The Morgan fingerprint density at radius 1 is 1.26 bits per heavy atom. The minimum Gasteiger partial charge on any atom is -0.342 e. The van der Waals surface area contributed by atoms with Crippen LogP contribution in [-0.4, -0.2) is 47.4 Å². The van der Waals surface area contributed by atoms with Crippen LogP contribution in [0.4, 0.5) is 5.82 Å². The number of aryl methyl sites for hydroxylation is 1. The predicted octanol–water partition coefficient (Wildman–Crippen LogP) is 1.46. The Kier molecular flexibility index (Phi) is 5.41. The number of hydrogen-bond acceptors (Lipinski definition) is 5. The number of likely N-dealkylation sites (tertiary alicyclic amines) is 1. The molecule has 1 aromatic heterocycles. The van der Waals surface area contributed by atoms with Crippen molar-refractivity contribution in [2.75, 3.05) is 25.0 Å². The van der Waals surface area contributed by atoms with E-state index < -0.39 is 0 Å². The summed E-state index contributed by atoms with van der Waals surface area (Å²) in [6.45, 7) is 4.15. The van der Waals surface area contributed by atoms with Crippen molar-refractivity contribution in [3.63, 3.8) is 0 Å². The molecule has 4 atom stereocenters. The van der Waals surface area contributed by atoms with Gasteiger partial charge in [0.15, 0.2) is 0 Å². The number of nitrogens with zero attached hydrogens (tertiary/aromatic N) is 2. The van der Waals surface area contributed by atoms with Gasteiger partial charge in [0.05, 0.1) is 11.8 Å². The van der Waals surface area contributed by atoms with Crippen molar-refractivity contribution < 1.29 is 9.59 Å². The topological polar surface area (TPSA) is 86.4 Å². The van der Waals surface area contributed by atoms with Crippen LogP contribution in [0.3, 0.4) is 0 Å². The maximum absolute atomic E-state index is 13.2. The van der Waals surface area contributed by atoms with E-state index in [0.29, 0.717) is 18.3 Å². The lowest BCUT2D eigenvalue weighted by molar-refractivity contribution is -0.140. The van der Waals surface area contributed by atoms with E-state index >= 15 is 0 Å². The van der Waals surface area contributed by atoms with Crippen LogP contribution in [0.5, 0.6) is 0 Å². The first-order chi connectivity index (χ1) is 13.1. The number of nitrogens with one attached hydrogen (secondary N) is 3. The number of fused-ring (bicyclic) bond motifs is 1. The molecule has 3 fully saturated rings. The largest absolute Gasteiger partial charge is 0.342 e. The zero-order valence-corrected chi connectivity index (χ0v) is 15.9. The van der Waals surface area contributed by atoms with Crippen LogP contribution < -0.4 is 16.2 Å². The zero-order valence-electron chi connectivity index (χ0n) is 15.9. The molecule has 3 aliphatic rings. The van der Waals surface area contributed by atoms with Crippen LogP contribution in [-0.2, 0) is 9.59 Å². The molecule has 27 heavy (non-hydrogen) atoms. The van der Waals surface area contributed by atoms with Crippen LogP contribution in [0, 0.1) is 24.7 Å². The third-order valence-electron chi connectivity index (χ3n) is 6.34. The third-order valence-corrected chi connectivity index (χ3v) is 6.34. The Balaban J connectivity index is 1.39. The number of pyridine rings is 1. The summed E-state index contributed by atoms with van der Waals surface area (Å²) in [7, 11) is 0. The van der Waals surface area contributed by atoms with Crippen LogP contribution >= 0.6 is 0 Å². The number of rotatable bonds is 3. The SMILES string of the molecule is Cc1cccnc1NC(=O)C1CCCN(C(=O)C2CCCC3CNNC32)C1. The maximum atomic E-state index is 13.2. The van der Waals surface area contributed by atoms with Gasteiger partial charge in [-0.3, -0.25) is 20.4 Å². The van der Waals surface area contributed by atoms with Gasteiger partial charge >= 0.3 is 0 Å². The van der Waals surface area contributed by atoms with E-state index in [9.17, 15) is 9.59 Å². The van der Waals surface area contributed by atoms with Crippen molar-refractivity contribution in [1.82, 2.24) is 20.7 Å². The van der Waals surface area contributed by atoms with E-state index in [1.807, 2.05) is 24.0 Å². The highest BCUT2D eigenvalue weighted by Gasteiger charge is 2.42. The van der Waals surface area contributed by atoms with Gasteiger partial charge in [-0.05, 0) is 50.2 Å². The molecule has 3 N–H and O–H groups in total. The Bertz CT molecular complexity index is 709.